The minimum atomic E-state index is -0.960. The number of hydrogen-bond donors (Lipinski definition) is 3. The van der Waals surface area contributed by atoms with Crippen molar-refractivity contribution in [2.24, 2.45) is 29.6 Å². The molecule has 47 heavy (non-hydrogen) atoms. The van der Waals surface area contributed by atoms with Crippen molar-refractivity contribution < 1.29 is 38.5 Å². The van der Waals surface area contributed by atoms with Crippen LogP contribution in [-0.4, -0.2) is 71.3 Å². The number of carbonyl (C=O) groups is 4. The molecule has 2 aromatic carbocycles. The second-order valence-electron chi connectivity index (χ2n) is 12.3. The quantitative estimate of drug-likeness (QED) is 0.254. The summed E-state index contributed by atoms with van der Waals surface area (Å²) in [6.07, 6.45) is 0.863. The van der Waals surface area contributed by atoms with Crippen LogP contribution in [0.5, 0.6) is 17.2 Å². The Labute approximate surface area is 277 Å². The number of ether oxygens (including phenoxy) is 3. The number of carbonyl (C=O) groups excluding carboxylic acids is 3. The van der Waals surface area contributed by atoms with E-state index in [9.17, 15) is 24.0 Å². The van der Waals surface area contributed by atoms with Crippen LogP contribution in [0.1, 0.15) is 35.6 Å². The van der Waals surface area contributed by atoms with Crippen LogP contribution in [0.4, 0.5) is 5.69 Å². The number of nitrogens with zero attached hydrogens (tertiary/aromatic N) is 1. The van der Waals surface area contributed by atoms with Crippen LogP contribution in [0.25, 0.3) is 0 Å². The third-order valence-electron chi connectivity index (χ3n) is 9.87. The molecule has 0 radical (unpaired) electrons. The van der Waals surface area contributed by atoms with Gasteiger partial charge in [-0.1, -0.05) is 17.4 Å². The van der Waals surface area contributed by atoms with Crippen LogP contribution in [0.2, 0.25) is 0 Å². The molecule has 7 rings (SSSR count). The number of H-pyrrole nitrogens is 1. The predicted molar refractivity (Wildman–Crippen MR) is 172 cm³/mol. The molecule has 3 fully saturated rings. The largest absolute Gasteiger partial charge is 0.497 e. The van der Waals surface area contributed by atoms with Gasteiger partial charge in [-0.15, -0.1) is 11.8 Å². The van der Waals surface area contributed by atoms with Crippen LogP contribution in [0.3, 0.4) is 0 Å². The maximum Gasteiger partial charge on any atom is 0.305 e. The number of likely N-dealkylation sites (tertiary alicyclic amines) is 1. The molecule has 246 valence electrons. The van der Waals surface area contributed by atoms with Gasteiger partial charge in [0.2, 0.25) is 11.8 Å². The predicted octanol–water partition coefficient (Wildman–Crippen LogP) is 3.81. The Morgan fingerprint density at radius 1 is 1.00 bits per heavy atom. The van der Waals surface area contributed by atoms with Crippen molar-refractivity contribution in [2.75, 3.05) is 32.7 Å². The third-order valence-corrected chi connectivity index (χ3v) is 12.5. The fourth-order valence-electron chi connectivity index (χ4n) is 8.07. The lowest BCUT2D eigenvalue weighted by molar-refractivity contribution is -0.142. The zero-order chi connectivity index (χ0) is 33.0. The molecule has 3 heterocycles. The number of fused-ring (bicyclic) bond motifs is 9. The number of rotatable bonds is 11. The smallest absolute Gasteiger partial charge is 0.305 e. The Balaban J connectivity index is 1.13. The van der Waals surface area contributed by atoms with Crippen molar-refractivity contribution in [1.82, 2.24) is 9.88 Å². The lowest BCUT2D eigenvalue weighted by Gasteiger charge is -2.43. The molecule has 7 atom stereocenters. The molecule has 14 heteroatoms. The lowest BCUT2D eigenvalue weighted by Crippen LogP contribution is -2.42. The topological polar surface area (TPSA) is 164 Å². The van der Waals surface area contributed by atoms with Gasteiger partial charge in [0.15, 0.2) is 18.1 Å². The zero-order valence-electron chi connectivity index (χ0n) is 25.6. The van der Waals surface area contributed by atoms with Gasteiger partial charge in [-0.05, 0) is 72.6 Å². The molecule has 2 bridgehead atoms. The number of benzene rings is 2. The number of nitrogens with one attached hydrogen (secondary N) is 2. The normalized spacial score (nSPS) is 26.9. The van der Waals surface area contributed by atoms with Crippen LogP contribution < -0.4 is 24.4 Å². The van der Waals surface area contributed by atoms with Crippen molar-refractivity contribution >= 4 is 52.5 Å². The van der Waals surface area contributed by atoms with Crippen molar-refractivity contribution in [3.05, 3.63) is 62.6 Å². The number of aliphatic carboxylic acids is 1. The molecule has 0 spiro atoms. The molecular weight excluding hydrogens is 647 g/mol. The van der Waals surface area contributed by atoms with Crippen molar-refractivity contribution in [3.8, 4) is 17.2 Å². The Morgan fingerprint density at radius 2 is 1.74 bits per heavy atom. The summed E-state index contributed by atoms with van der Waals surface area (Å²) in [5.41, 5.74) is 1.49. The Bertz CT molecular complexity index is 1800. The molecule has 3 N–H and O–H groups in total. The fraction of sp³-hybridized carbons (Fsp3) is 0.424. The minimum absolute atomic E-state index is 0.00679. The summed E-state index contributed by atoms with van der Waals surface area (Å²) in [6.45, 7) is -0.137. The number of aromatic amines is 1. The van der Waals surface area contributed by atoms with Crippen LogP contribution in [0.15, 0.2) is 52.3 Å². The van der Waals surface area contributed by atoms with E-state index in [1.165, 1.54) is 12.0 Å². The summed E-state index contributed by atoms with van der Waals surface area (Å²) in [5.74, 6) is -1.43. The Hall–Kier alpha value is -4.30. The van der Waals surface area contributed by atoms with Crippen LogP contribution in [0, 0.1) is 29.6 Å². The SMILES string of the molecule is COc1ccc(NC(=O)COc2ccc([C@H]3c4sc(=O)[nH]c4SC4C5CC(C6C(=O)N(CCCC(=O)O)C(=O)C56)C43)cc2OC)cc1. The number of carboxylic acid groups (broad SMARTS) is 1. The number of aromatic nitrogens is 1. The highest BCUT2D eigenvalue weighted by atomic mass is 32.2. The number of imide groups is 1. The molecule has 2 aliphatic carbocycles. The van der Waals surface area contributed by atoms with Gasteiger partial charge in [0.05, 0.1) is 31.1 Å². The summed E-state index contributed by atoms with van der Waals surface area (Å²) in [7, 11) is 3.09. The average molecular weight is 680 g/mol. The second-order valence-corrected chi connectivity index (χ2v) is 14.5. The molecule has 6 unspecified atom stereocenters. The Morgan fingerprint density at radius 3 is 2.45 bits per heavy atom. The summed E-state index contributed by atoms with van der Waals surface area (Å²) in [4.78, 5) is 68.5. The van der Waals surface area contributed by atoms with E-state index in [0.717, 1.165) is 33.2 Å². The van der Waals surface area contributed by atoms with Gasteiger partial charge in [-0.2, -0.15) is 0 Å². The zero-order valence-corrected chi connectivity index (χ0v) is 27.2. The second kappa shape index (κ2) is 12.4. The maximum atomic E-state index is 13.7. The van der Waals surface area contributed by atoms with Crippen molar-refractivity contribution in [2.45, 2.75) is 35.5 Å². The first-order valence-corrected chi connectivity index (χ1v) is 17.1. The number of methoxy groups -OCH3 is 2. The first-order chi connectivity index (χ1) is 22.7. The lowest BCUT2D eigenvalue weighted by atomic mass is 9.68. The number of carboxylic acids is 1. The summed E-state index contributed by atoms with van der Waals surface area (Å²) in [5, 5.41) is 12.7. The van der Waals surface area contributed by atoms with Crippen molar-refractivity contribution in [3.63, 3.8) is 0 Å². The van der Waals surface area contributed by atoms with Gasteiger partial charge >= 0.3 is 10.8 Å². The first-order valence-electron chi connectivity index (χ1n) is 15.4. The number of thioether (sulfide) groups is 1. The van der Waals surface area contributed by atoms with E-state index in [0.29, 0.717) is 22.9 Å². The van der Waals surface area contributed by atoms with Gasteiger partial charge < -0.3 is 29.6 Å². The van der Waals surface area contributed by atoms with Crippen LogP contribution in [-0.2, 0) is 19.2 Å². The molecule has 2 saturated carbocycles. The molecule has 2 aliphatic heterocycles. The molecule has 3 aromatic rings. The Kier molecular flexibility index (Phi) is 8.25. The van der Waals surface area contributed by atoms with Gasteiger partial charge in [-0.25, -0.2) is 0 Å². The van der Waals surface area contributed by atoms with Crippen molar-refractivity contribution in [1.29, 1.82) is 0 Å². The van der Waals surface area contributed by atoms with Crippen LogP contribution >= 0.6 is 23.1 Å². The highest BCUT2D eigenvalue weighted by Gasteiger charge is 2.69. The van der Waals surface area contributed by atoms with E-state index >= 15 is 0 Å². The standard InChI is InChI=1S/C33H33N3O9S2/c1-43-17-8-6-16(7-9-17)34-22(37)14-45-20-10-5-15(12-21(20)44-2)24-25-18-13-19(28(25)46-30-29(24)47-33(42)35-30)27-26(18)31(40)36(32(27)41)11-3-4-23(38)39/h5-10,12,18-19,24-28H,3-4,11,13-14H2,1-2H3,(H,34,37)(H,35,42)(H,38,39)/t18?,19?,24-,25?,26?,27?,28?/m1/s1. The van der Waals surface area contributed by atoms with Gasteiger partial charge in [0.25, 0.3) is 5.91 Å². The summed E-state index contributed by atoms with van der Waals surface area (Å²) < 4.78 is 16.7. The minimum Gasteiger partial charge on any atom is -0.497 e. The van der Waals surface area contributed by atoms with E-state index < -0.39 is 17.8 Å². The van der Waals surface area contributed by atoms with Gasteiger partial charge in [0.1, 0.15) is 5.75 Å². The van der Waals surface area contributed by atoms with E-state index in [4.69, 9.17) is 19.3 Å². The third kappa shape index (κ3) is 5.46. The highest BCUT2D eigenvalue weighted by molar-refractivity contribution is 8.00. The molecular formula is C33H33N3O9S2. The molecule has 3 amide bonds. The van der Waals surface area contributed by atoms with E-state index in [1.54, 1.807) is 49.2 Å². The summed E-state index contributed by atoms with van der Waals surface area (Å²) >= 11 is 2.76. The molecule has 4 aliphatic rings. The maximum absolute atomic E-state index is 13.7. The first kappa shape index (κ1) is 31.3. The average Bonchev–Trinajstić information content (AvgIpc) is 3.79. The molecule has 1 saturated heterocycles. The van der Waals surface area contributed by atoms with E-state index in [1.807, 2.05) is 12.1 Å². The summed E-state index contributed by atoms with van der Waals surface area (Å²) in [6, 6.07) is 12.5. The number of thiazole rings is 1. The molecule has 1 aromatic heterocycles. The monoisotopic (exact) mass is 679 g/mol. The molecule has 12 nitrogen and oxygen atoms in total. The highest BCUT2D eigenvalue weighted by Crippen LogP contribution is 2.68. The number of amides is 3. The fourth-order valence-corrected chi connectivity index (χ4v) is 11.0. The number of anilines is 1. The van der Waals surface area contributed by atoms with Gasteiger partial charge in [-0.3, -0.25) is 28.9 Å². The van der Waals surface area contributed by atoms with E-state index in [-0.39, 0.29) is 77.5 Å². The van der Waals surface area contributed by atoms with Gasteiger partial charge in [0, 0.05) is 34.7 Å². The van der Waals surface area contributed by atoms with E-state index in [2.05, 4.69) is 10.3 Å². The number of hydrogen-bond acceptors (Lipinski definition) is 10.